The Bertz CT molecular complexity index is 3320. The number of benzene rings is 10. The SMILES string of the molecule is CC1(C)c2cc(-c3c4ccccc4c(-c4c5ccccc5c(-c5ccccc5)c5ccccc45)c4ccccc34)ccc2-c2ccc3c(sc4ccccc43)c21. The molecule has 10 aromatic carbocycles. The predicted molar refractivity (Wildman–Crippen MR) is 243 cm³/mol. The summed E-state index contributed by atoms with van der Waals surface area (Å²) in [4.78, 5) is 0. The van der Waals surface area contributed by atoms with Crippen LogP contribution in [0.2, 0.25) is 0 Å². The van der Waals surface area contributed by atoms with Crippen molar-refractivity contribution < 1.29 is 0 Å². The zero-order chi connectivity index (χ0) is 37.1. The maximum atomic E-state index is 2.52. The summed E-state index contributed by atoms with van der Waals surface area (Å²) < 4.78 is 2.78. The average molecular weight is 729 g/mol. The molecule has 0 N–H and O–H groups in total. The molecule has 0 atom stereocenters. The standard InChI is InChI=1S/C55H36S/c1-55(2)47-32-34(28-29-35(47)45-30-31-46-36-18-14-15-27-48(36)56-54(46)53(45)55)50-39-21-8-12-25-43(39)52(44-26-13-9-22-40(44)50)51-41-23-10-6-19-37(41)49(33-16-4-3-5-17-33)38-20-7-11-24-42(38)51/h3-32H,1-2H3. The molecule has 0 amide bonds. The summed E-state index contributed by atoms with van der Waals surface area (Å²) in [6.07, 6.45) is 0. The van der Waals surface area contributed by atoms with Crippen molar-refractivity contribution in [3.63, 3.8) is 0 Å². The minimum atomic E-state index is -0.148. The van der Waals surface area contributed by atoms with Crippen LogP contribution >= 0.6 is 11.3 Å². The minimum absolute atomic E-state index is 0.148. The van der Waals surface area contributed by atoms with Gasteiger partial charge in [0.05, 0.1) is 0 Å². The number of hydrogen-bond donors (Lipinski definition) is 0. The van der Waals surface area contributed by atoms with Gasteiger partial charge in [0.2, 0.25) is 0 Å². The van der Waals surface area contributed by atoms with E-state index in [0.717, 1.165) is 0 Å². The van der Waals surface area contributed by atoms with Crippen LogP contribution in [-0.2, 0) is 5.41 Å². The first-order chi connectivity index (χ1) is 27.6. The molecule has 1 heterocycles. The fourth-order valence-electron chi connectivity index (χ4n) is 10.2. The van der Waals surface area contributed by atoms with E-state index in [-0.39, 0.29) is 5.41 Å². The number of fused-ring (bicyclic) bond motifs is 11. The lowest BCUT2D eigenvalue weighted by Gasteiger charge is -2.24. The van der Waals surface area contributed by atoms with Gasteiger partial charge in [-0.25, -0.2) is 0 Å². The lowest BCUT2D eigenvalue weighted by molar-refractivity contribution is 0.667. The molecule has 0 fully saturated rings. The second-order valence-electron chi connectivity index (χ2n) is 15.9. The van der Waals surface area contributed by atoms with Crippen molar-refractivity contribution in [2.45, 2.75) is 19.3 Å². The van der Waals surface area contributed by atoms with Crippen molar-refractivity contribution in [1.82, 2.24) is 0 Å². The van der Waals surface area contributed by atoms with E-state index in [1.807, 2.05) is 11.3 Å². The van der Waals surface area contributed by atoms with Gasteiger partial charge >= 0.3 is 0 Å². The second-order valence-corrected chi connectivity index (χ2v) is 16.9. The molecular weight excluding hydrogens is 693 g/mol. The van der Waals surface area contributed by atoms with E-state index < -0.39 is 0 Å². The molecule has 1 aromatic heterocycles. The van der Waals surface area contributed by atoms with Gasteiger partial charge in [-0.15, -0.1) is 11.3 Å². The Morgan fingerprint density at radius 3 is 1.30 bits per heavy atom. The van der Waals surface area contributed by atoms with Gasteiger partial charge in [-0.05, 0) is 111 Å². The van der Waals surface area contributed by atoms with Gasteiger partial charge in [0, 0.05) is 25.6 Å². The van der Waals surface area contributed by atoms with Crippen molar-refractivity contribution in [3.05, 3.63) is 193 Å². The van der Waals surface area contributed by atoms with E-state index in [1.54, 1.807) is 0 Å². The fraction of sp³-hybridized carbons (Fsp3) is 0.0545. The molecule has 262 valence electrons. The number of hydrogen-bond acceptors (Lipinski definition) is 1. The van der Waals surface area contributed by atoms with Crippen molar-refractivity contribution in [2.75, 3.05) is 0 Å². The summed E-state index contributed by atoms with van der Waals surface area (Å²) in [6, 6.07) is 68.1. The lowest BCUT2D eigenvalue weighted by atomic mass is 9.79. The molecule has 0 saturated heterocycles. The van der Waals surface area contributed by atoms with Gasteiger partial charge in [0.15, 0.2) is 0 Å². The molecule has 1 aliphatic carbocycles. The monoisotopic (exact) mass is 728 g/mol. The summed E-state index contributed by atoms with van der Waals surface area (Å²) in [5, 5.41) is 12.9. The van der Waals surface area contributed by atoms with Gasteiger partial charge in [0.1, 0.15) is 0 Å². The first kappa shape index (κ1) is 31.8. The van der Waals surface area contributed by atoms with Crippen LogP contribution < -0.4 is 0 Å². The first-order valence-electron chi connectivity index (χ1n) is 19.6. The highest BCUT2D eigenvalue weighted by Gasteiger charge is 2.38. The highest BCUT2D eigenvalue weighted by molar-refractivity contribution is 7.26. The molecule has 0 spiro atoms. The topological polar surface area (TPSA) is 0 Å². The van der Waals surface area contributed by atoms with Crippen LogP contribution in [0.5, 0.6) is 0 Å². The third kappa shape index (κ3) is 4.29. The Hall–Kier alpha value is -6.54. The summed E-state index contributed by atoms with van der Waals surface area (Å²) in [6.45, 7) is 4.86. The van der Waals surface area contributed by atoms with Gasteiger partial charge in [-0.3, -0.25) is 0 Å². The zero-order valence-corrected chi connectivity index (χ0v) is 32.0. The van der Waals surface area contributed by atoms with E-state index >= 15 is 0 Å². The summed E-state index contributed by atoms with van der Waals surface area (Å²) in [5.41, 5.74) is 13.2. The molecule has 1 aliphatic rings. The maximum Gasteiger partial charge on any atom is 0.0402 e. The summed E-state index contributed by atoms with van der Waals surface area (Å²) in [5.74, 6) is 0. The van der Waals surface area contributed by atoms with Crippen molar-refractivity contribution in [3.8, 4) is 44.5 Å². The van der Waals surface area contributed by atoms with Gasteiger partial charge in [0.25, 0.3) is 0 Å². The van der Waals surface area contributed by atoms with Crippen molar-refractivity contribution >= 4 is 74.6 Å². The molecule has 11 aromatic rings. The molecule has 0 aliphatic heterocycles. The third-order valence-electron chi connectivity index (χ3n) is 12.6. The average Bonchev–Trinajstić information content (AvgIpc) is 3.73. The second kappa shape index (κ2) is 11.7. The Labute approximate surface area is 329 Å². The summed E-state index contributed by atoms with van der Waals surface area (Å²) in [7, 11) is 0. The predicted octanol–water partition coefficient (Wildman–Crippen LogP) is 16.0. The highest BCUT2D eigenvalue weighted by Crippen LogP contribution is 2.56. The first-order valence-corrected chi connectivity index (χ1v) is 20.4. The van der Waals surface area contributed by atoms with Crippen LogP contribution in [0, 0.1) is 0 Å². The van der Waals surface area contributed by atoms with E-state index in [4.69, 9.17) is 0 Å². The van der Waals surface area contributed by atoms with Crippen LogP contribution in [-0.4, -0.2) is 0 Å². The molecule has 0 saturated carbocycles. The van der Waals surface area contributed by atoms with E-state index in [9.17, 15) is 0 Å². The van der Waals surface area contributed by atoms with Crippen molar-refractivity contribution in [2.24, 2.45) is 0 Å². The van der Waals surface area contributed by atoms with Crippen molar-refractivity contribution in [1.29, 1.82) is 0 Å². The quantitative estimate of drug-likeness (QED) is 0.159. The molecular formula is C55H36S. The maximum absolute atomic E-state index is 2.52. The Kier molecular flexibility index (Phi) is 6.66. The Balaban J connectivity index is 1.14. The van der Waals surface area contributed by atoms with Crippen LogP contribution in [0.3, 0.4) is 0 Å². The third-order valence-corrected chi connectivity index (χ3v) is 13.8. The van der Waals surface area contributed by atoms with Gasteiger partial charge in [-0.1, -0.05) is 184 Å². The largest absolute Gasteiger partial charge is 0.135 e. The fourth-order valence-corrected chi connectivity index (χ4v) is 11.7. The molecule has 56 heavy (non-hydrogen) atoms. The van der Waals surface area contributed by atoms with E-state index in [1.165, 1.54) is 119 Å². The molecule has 0 nitrogen and oxygen atoms in total. The zero-order valence-electron chi connectivity index (χ0n) is 31.2. The van der Waals surface area contributed by atoms with Gasteiger partial charge < -0.3 is 0 Å². The molecule has 12 rings (SSSR count). The number of thiophene rings is 1. The molecule has 0 radical (unpaired) electrons. The minimum Gasteiger partial charge on any atom is -0.135 e. The molecule has 0 unspecified atom stereocenters. The lowest BCUT2D eigenvalue weighted by Crippen LogP contribution is -2.15. The van der Waals surface area contributed by atoms with Crippen LogP contribution in [0.15, 0.2) is 182 Å². The van der Waals surface area contributed by atoms with Crippen LogP contribution in [0.1, 0.15) is 25.0 Å². The van der Waals surface area contributed by atoms with Crippen LogP contribution in [0.25, 0.3) is 108 Å². The summed E-state index contributed by atoms with van der Waals surface area (Å²) >= 11 is 1.94. The Morgan fingerprint density at radius 2 is 0.768 bits per heavy atom. The highest BCUT2D eigenvalue weighted by atomic mass is 32.1. The normalized spacial score (nSPS) is 13.3. The number of rotatable bonds is 3. The Morgan fingerprint density at radius 1 is 0.339 bits per heavy atom. The molecule has 1 heteroatoms. The van der Waals surface area contributed by atoms with Crippen LogP contribution in [0.4, 0.5) is 0 Å². The van der Waals surface area contributed by atoms with E-state index in [2.05, 4.69) is 196 Å². The smallest absolute Gasteiger partial charge is 0.0402 e. The van der Waals surface area contributed by atoms with Gasteiger partial charge in [-0.2, -0.15) is 0 Å². The molecule has 0 bridgehead atoms. The van der Waals surface area contributed by atoms with E-state index in [0.29, 0.717) is 0 Å².